The Bertz CT molecular complexity index is 889. The Labute approximate surface area is 158 Å². The lowest BCUT2D eigenvalue weighted by Crippen LogP contribution is -2.40. The Kier molecular flexibility index (Phi) is 5.25. The van der Waals surface area contributed by atoms with E-state index in [1.165, 1.54) is 22.1 Å². The molecule has 0 amide bonds. The second kappa shape index (κ2) is 7.78. The van der Waals surface area contributed by atoms with E-state index in [-0.39, 0.29) is 0 Å². The predicted molar refractivity (Wildman–Crippen MR) is 108 cm³/mol. The van der Waals surface area contributed by atoms with Crippen LogP contribution in [0.4, 0.5) is 0 Å². The molecule has 0 aliphatic heterocycles. The molecule has 1 aromatic heterocycles. The summed E-state index contributed by atoms with van der Waals surface area (Å²) in [4.78, 5) is 0. The highest BCUT2D eigenvalue weighted by Crippen LogP contribution is 2.33. The van der Waals surface area contributed by atoms with Gasteiger partial charge < -0.3 is 15.2 Å². The zero-order chi connectivity index (χ0) is 17.9. The molecule has 0 saturated carbocycles. The molecule has 2 aromatic carbocycles. The van der Waals surface area contributed by atoms with Crippen molar-refractivity contribution < 1.29 is 9.84 Å². The number of fused-ring (bicyclic) bond motifs is 2. The van der Waals surface area contributed by atoms with Gasteiger partial charge in [0.1, 0.15) is 18.5 Å². The van der Waals surface area contributed by atoms with Gasteiger partial charge in [0.15, 0.2) is 0 Å². The van der Waals surface area contributed by atoms with Gasteiger partial charge in [0.05, 0.1) is 4.70 Å². The monoisotopic (exact) mass is 367 g/mol. The minimum atomic E-state index is -0.511. The number of hydrogen-bond donors (Lipinski definition) is 2. The molecule has 0 fully saturated rings. The molecule has 0 bridgehead atoms. The summed E-state index contributed by atoms with van der Waals surface area (Å²) in [5.41, 5.74) is 4.17. The van der Waals surface area contributed by atoms with Crippen LogP contribution in [0.3, 0.4) is 0 Å². The Morgan fingerprint density at radius 2 is 2.04 bits per heavy atom. The van der Waals surface area contributed by atoms with Gasteiger partial charge >= 0.3 is 0 Å². The summed E-state index contributed by atoms with van der Waals surface area (Å²) >= 11 is 1.70. The van der Waals surface area contributed by atoms with Gasteiger partial charge in [-0.3, -0.25) is 0 Å². The van der Waals surface area contributed by atoms with Crippen molar-refractivity contribution in [3.05, 3.63) is 64.5 Å². The Morgan fingerprint density at radius 3 is 2.92 bits per heavy atom. The van der Waals surface area contributed by atoms with E-state index in [9.17, 15) is 5.11 Å². The van der Waals surface area contributed by atoms with Crippen LogP contribution in [0.1, 0.15) is 23.1 Å². The fraction of sp³-hybridized carbons (Fsp3) is 0.364. The number of aryl methyl sites for hydroxylation is 2. The van der Waals surface area contributed by atoms with Crippen molar-refractivity contribution in [1.82, 2.24) is 5.32 Å². The molecule has 136 valence electrons. The largest absolute Gasteiger partial charge is 0.489 e. The number of benzene rings is 2. The number of aliphatic hydroxyl groups is 1. The molecule has 3 nitrogen and oxygen atoms in total. The first-order chi connectivity index (χ1) is 12.7. The highest BCUT2D eigenvalue weighted by atomic mass is 32.1. The third-order valence-electron chi connectivity index (χ3n) is 5.18. The third-order valence-corrected chi connectivity index (χ3v) is 6.31. The van der Waals surface area contributed by atoms with Gasteiger partial charge in [0.25, 0.3) is 0 Å². The van der Waals surface area contributed by atoms with Crippen molar-refractivity contribution in [3.8, 4) is 5.75 Å². The summed E-state index contributed by atoms with van der Waals surface area (Å²) in [5.74, 6) is 0.867. The van der Waals surface area contributed by atoms with Gasteiger partial charge in [-0.15, -0.1) is 11.3 Å². The Balaban J connectivity index is 1.29. The van der Waals surface area contributed by atoms with Crippen molar-refractivity contribution in [2.24, 2.45) is 0 Å². The lowest BCUT2D eigenvalue weighted by atomic mass is 9.88. The minimum Gasteiger partial charge on any atom is -0.489 e. The second-order valence-corrected chi connectivity index (χ2v) is 8.01. The van der Waals surface area contributed by atoms with Crippen molar-refractivity contribution >= 4 is 21.4 Å². The number of rotatable bonds is 6. The normalized spacial score (nSPS) is 17.8. The number of hydrogen-bond acceptors (Lipinski definition) is 4. The molecular formula is C22H25NO2S. The van der Waals surface area contributed by atoms with Crippen molar-refractivity contribution in [2.75, 3.05) is 13.2 Å². The van der Waals surface area contributed by atoms with Crippen LogP contribution in [-0.2, 0) is 12.8 Å². The standard InChI is InChI=1S/C22H25NO2S/c1-15-14-26-22-20(15)7-4-8-21(22)25-13-19(24)12-23-18-10-9-16-5-2-3-6-17(16)11-18/h2-8,14,18-19,23-24H,9-13H2,1H3. The predicted octanol–water partition coefficient (Wildman–Crippen LogP) is 4.10. The molecule has 0 spiro atoms. The fourth-order valence-electron chi connectivity index (χ4n) is 3.69. The number of aliphatic hydroxyl groups excluding tert-OH is 1. The first kappa shape index (κ1) is 17.5. The van der Waals surface area contributed by atoms with Crippen LogP contribution < -0.4 is 10.1 Å². The van der Waals surface area contributed by atoms with Crippen molar-refractivity contribution in [3.63, 3.8) is 0 Å². The molecule has 3 aromatic rings. The first-order valence-electron chi connectivity index (χ1n) is 9.28. The van der Waals surface area contributed by atoms with Crippen LogP contribution in [-0.4, -0.2) is 30.4 Å². The molecule has 1 aliphatic carbocycles. The third kappa shape index (κ3) is 3.78. The molecular weight excluding hydrogens is 342 g/mol. The molecule has 1 heterocycles. The van der Waals surface area contributed by atoms with Crippen LogP contribution in [0.5, 0.6) is 5.75 Å². The van der Waals surface area contributed by atoms with E-state index in [1.54, 1.807) is 11.3 Å². The van der Waals surface area contributed by atoms with Crippen LogP contribution in [0.25, 0.3) is 10.1 Å². The van der Waals surface area contributed by atoms with Gasteiger partial charge in [0, 0.05) is 12.6 Å². The van der Waals surface area contributed by atoms with Gasteiger partial charge in [-0.25, -0.2) is 0 Å². The average Bonchev–Trinajstić information content (AvgIpc) is 3.06. The average molecular weight is 368 g/mol. The smallest absolute Gasteiger partial charge is 0.137 e. The van der Waals surface area contributed by atoms with E-state index in [0.29, 0.717) is 19.2 Å². The van der Waals surface area contributed by atoms with Gasteiger partial charge in [-0.2, -0.15) is 0 Å². The number of nitrogens with one attached hydrogen (secondary N) is 1. The van der Waals surface area contributed by atoms with Crippen molar-refractivity contribution in [1.29, 1.82) is 0 Å². The summed E-state index contributed by atoms with van der Waals surface area (Å²) < 4.78 is 7.07. The summed E-state index contributed by atoms with van der Waals surface area (Å²) in [6.45, 7) is 2.99. The lowest BCUT2D eigenvalue weighted by Gasteiger charge is -2.26. The molecule has 2 atom stereocenters. The van der Waals surface area contributed by atoms with Crippen LogP contribution in [0.15, 0.2) is 47.8 Å². The molecule has 2 unspecified atom stereocenters. The number of ether oxygens (including phenoxy) is 1. The Morgan fingerprint density at radius 1 is 1.19 bits per heavy atom. The summed E-state index contributed by atoms with van der Waals surface area (Å²) in [5, 5.41) is 17.2. The minimum absolute atomic E-state index is 0.312. The van der Waals surface area contributed by atoms with E-state index < -0.39 is 6.10 Å². The maximum Gasteiger partial charge on any atom is 0.137 e. The summed E-state index contributed by atoms with van der Waals surface area (Å²) in [7, 11) is 0. The molecule has 1 aliphatic rings. The SMILES string of the molecule is Cc1csc2c(OCC(O)CNC3CCc4ccccc4C3)cccc12. The zero-order valence-electron chi connectivity index (χ0n) is 15.1. The summed E-state index contributed by atoms with van der Waals surface area (Å²) in [6, 6.07) is 15.2. The Hall–Kier alpha value is -1.88. The van der Waals surface area contributed by atoms with Crippen LogP contribution in [0, 0.1) is 6.92 Å². The van der Waals surface area contributed by atoms with E-state index >= 15 is 0 Å². The zero-order valence-corrected chi connectivity index (χ0v) is 15.9. The van der Waals surface area contributed by atoms with E-state index in [2.05, 4.69) is 48.0 Å². The quantitative estimate of drug-likeness (QED) is 0.689. The first-order valence-corrected chi connectivity index (χ1v) is 10.2. The maximum absolute atomic E-state index is 10.3. The van der Waals surface area contributed by atoms with Crippen LogP contribution in [0.2, 0.25) is 0 Å². The van der Waals surface area contributed by atoms with Gasteiger partial charge in [-0.1, -0.05) is 36.4 Å². The highest BCUT2D eigenvalue weighted by molar-refractivity contribution is 7.17. The maximum atomic E-state index is 10.3. The van der Waals surface area contributed by atoms with Gasteiger partial charge in [0.2, 0.25) is 0 Å². The summed E-state index contributed by atoms with van der Waals surface area (Å²) in [6.07, 6.45) is 2.76. The molecule has 0 saturated heterocycles. The highest BCUT2D eigenvalue weighted by Gasteiger charge is 2.19. The number of thiophene rings is 1. The molecule has 2 N–H and O–H groups in total. The lowest BCUT2D eigenvalue weighted by molar-refractivity contribution is 0.104. The second-order valence-electron chi connectivity index (χ2n) is 7.13. The van der Waals surface area contributed by atoms with Crippen molar-refractivity contribution in [2.45, 2.75) is 38.3 Å². The molecule has 4 rings (SSSR count). The molecule has 26 heavy (non-hydrogen) atoms. The van der Waals surface area contributed by atoms with E-state index in [4.69, 9.17) is 4.74 Å². The topological polar surface area (TPSA) is 41.5 Å². The molecule has 0 radical (unpaired) electrons. The van der Waals surface area contributed by atoms with E-state index in [1.807, 2.05) is 12.1 Å². The fourth-order valence-corrected chi connectivity index (χ4v) is 4.71. The van der Waals surface area contributed by atoms with Crippen LogP contribution >= 0.6 is 11.3 Å². The van der Waals surface area contributed by atoms with E-state index in [0.717, 1.165) is 29.7 Å². The van der Waals surface area contributed by atoms with Gasteiger partial charge in [-0.05, 0) is 59.7 Å². The molecule has 4 heteroatoms.